The highest BCUT2D eigenvalue weighted by atomic mass is 16.6. The minimum atomic E-state index is -1.31. The molecule has 3 heterocycles. The lowest BCUT2D eigenvalue weighted by atomic mass is 9.79. The van der Waals surface area contributed by atoms with Gasteiger partial charge in [0.1, 0.15) is 22.7 Å². The van der Waals surface area contributed by atoms with Gasteiger partial charge in [0.15, 0.2) is 5.72 Å². The van der Waals surface area contributed by atoms with Gasteiger partial charge in [-0.05, 0) is 41.0 Å². The van der Waals surface area contributed by atoms with E-state index in [9.17, 15) is 14.7 Å². The van der Waals surface area contributed by atoms with Gasteiger partial charge in [-0.3, -0.25) is 14.3 Å². The van der Waals surface area contributed by atoms with Gasteiger partial charge in [-0.15, -0.1) is 0 Å². The number of hydrogen-bond donors (Lipinski definition) is 2. The first-order valence-corrected chi connectivity index (χ1v) is 13.6. The Balaban J connectivity index is 1.45. The van der Waals surface area contributed by atoms with E-state index < -0.39 is 34.3 Å². The molecular weight excluding hydrogens is 540 g/mol. The average Bonchev–Trinajstić information content (AvgIpc) is 3.22. The predicted molar refractivity (Wildman–Crippen MR) is 153 cm³/mol. The van der Waals surface area contributed by atoms with Crippen molar-refractivity contribution in [2.45, 2.75) is 29.5 Å². The number of nitrogens with one attached hydrogen (secondary N) is 1. The van der Waals surface area contributed by atoms with Crippen LogP contribution in [0.25, 0.3) is 0 Å². The van der Waals surface area contributed by atoms with Crippen molar-refractivity contribution in [2.24, 2.45) is 0 Å². The number of benzene rings is 3. The molecule has 10 heteroatoms. The van der Waals surface area contributed by atoms with Crippen LogP contribution >= 0.6 is 0 Å². The summed E-state index contributed by atoms with van der Waals surface area (Å²) in [5, 5.41) is 11.5. The maximum atomic E-state index is 12.7. The van der Waals surface area contributed by atoms with Crippen LogP contribution in [0.2, 0.25) is 0 Å². The van der Waals surface area contributed by atoms with E-state index in [1.165, 1.54) is 16.8 Å². The Morgan fingerprint density at radius 3 is 2.05 bits per heavy atom. The molecule has 3 aromatic carbocycles. The number of methoxy groups -OCH3 is 2. The number of hydrogen-bond acceptors (Lipinski definition) is 8. The molecule has 0 radical (unpaired) electrons. The smallest absolute Gasteiger partial charge is 0.330 e. The number of nitrogens with zero attached hydrogens (tertiary/aromatic N) is 1. The van der Waals surface area contributed by atoms with E-state index in [0.29, 0.717) is 11.5 Å². The molecule has 4 aromatic rings. The molecule has 10 nitrogen and oxygen atoms in total. The Labute approximate surface area is 242 Å². The first-order chi connectivity index (χ1) is 20.3. The summed E-state index contributed by atoms with van der Waals surface area (Å²) < 4.78 is 31.7. The quantitative estimate of drug-likeness (QED) is 0.294. The highest BCUT2D eigenvalue weighted by Gasteiger charge is 2.61. The van der Waals surface area contributed by atoms with Gasteiger partial charge >= 0.3 is 5.69 Å². The number of aromatic nitrogens is 2. The highest BCUT2D eigenvalue weighted by molar-refractivity contribution is 5.49. The van der Waals surface area contributed by atoms with Crippen LogP contribution in [0.15, 0.2) is 101 Å². The fourth-order valence-corrected chi connectivity index (χ4v) is 6.00. The van der Waals surface area contributed by atoms with Gasteiger partial charge < -0.3 is 28.8 Å². The van der Waals surface area contributed by atoms with Gasteiger partial charge in [0.25, 0.3) is 5.56 Å². The highest BCUT2D eigenvalue weighted by Crippen LogP contribution is 2.48. The lowest BCUT2D eigenvalue weighted by molar-refractivity contribution is -0.273. The number of H-pyrrole nitrogens is 1. The van der Waals surface area contributed by atoms with Crippen LogP contribution in [0, 0.1) is 0 Å². The first-order valence-electron chi connectivity index (χ1n) is 13.6. The van der Waals surface area contributed by atoms with Crippen molar-refractivity contribution in [2.75, 3.05) is 34.0 Å². The predicted octanol–water partition coefficient (Wildman–Crippen LogP) is 2.77. The molecule has 218 valence electrons. The minimum Gasteiger partial charge on any atom is -0.497 e. The van der Waals surface area contributed by atoms with Crippen LogP contribution in [0.3, 0.4) is 0 Å². The summed E-state index contributed by atoms with van der Waals surface area (Å²) in [5.74, 6) is 1.39. The third kappa shape index (κ3) is 4.62. The Morgan fingerprint density at radius 2 is 1.48 bits per heavy atom. The molecule has 0 spiro atoms. The van der Waals surface area contributed by atoms with Crippen LogP contribution in [0.5, 0.6) is 11.5 Å². The zero-order chi connectivity index (χ0) is 29.4. The van der Waals surface area contributed by atoms with Crippen molar-refractivity contribution in [3.05, 3.63) is 129 Å². The molecule has 0 unspecified atom stereocenters. The number of ether oxygens (including phenoxy) is 5. The number of aliphatic hydroxyl groups is 1. The Morgan fingerprint density at radius 1 is 0.881 bits per heavy atom. The normalized spacial score (nSPS) is 23.5. The van der Waals surface area contributed by atoms with E-state index in [-0.39, 0.29) is 26.2 Å². The number of aromatic amines is 1. The molecule has 2 fully saturated rings. The summed E-state index contributed by atoms with van der Waals surface area (Å²) in [7, 11) is 3.22. The second-order valence-electron chi connectivity index (χ2n) is 10.6. The van der Waals surface area contributed by atoms with Crippen molar-refractivity contribution < 1.29 is 28.8 Å². The van der Waals surface area contributed by atoms with Gasteiger partial charge in [-0.2, -0.15) is 0 Å². The lowest BCUT2D eigenvalue weighted by Crippen LogP contribution is -2.57. The molecule has 2 saturated heterocycles. The summed E-state index contributed by atoms with van der Waals surface area (Å²) in [4.78, 5) is 26.7. The van der Waals surface area contributed by atoms with Gasteiger partial charge in [0.05, 0.1) is 40.1 Å². The average molecular weight is 573 g/mol. The minimum absolute atomic E-state index is 0.0263. The molecule has 2 aliphatic rings. The van der Waals surface area contributed by atoms with Crippen molar-refractivity contribution in [1.82, 2.24) is 9.55 Å². The maximum Gasteiger partial charge on any atom is 0.330 e. The van der Waals surface area contributed by atoms with E-state index >= 15 is 0 Å². The molecule has 0 saturated carbocycles. The van der Waals surface area contributed by atoms with Crippen LogP contribution in [-0.2, 0) is 25.5 Å². The maximum absolute atomic E-state index is 12.7. The second kappa shape index (κ2) is 10.9. The molecule has 6 rings (SSSR count). The fourth-order valence-electron chi connectivity index (χ4n) is 6.00. The van der Waals surface area contributed by atoms with Crippen molar-refractivity contribution in [3.8, 4) is 11.5 Å². The molecule has 0 aliphatic carbocycles. The molecule has 2 N–H and O–H groups in total. The molecule has 2 aliphatic heterocycles. The Hall–Kier alpha value is -4.22. The van der Waals surface area contributed by atoms with Crippen LogP contribution in [0.1, 0.15) is 23.1 Å². The molecule has 1 aromatic heterocycles. The van der Waals surface area contributed by atoms with Gasteiger partial charge in [0.2, 0.25) is 0 Å². The third-order valence-electron chi connectivity index (χ3n) is 8.16. The van der Waals surface area contributed by atoms with E-state index in [2.05, 4.69) is 4.98 Å². The van der Waals surface area contributed by atoms with E-state index in [4.69, 9.17) is 23.7 Å². The lowest BCUT2D eigenvalue weighted by Gasteiger charge is -2.43. The monoisotopic (exact) mass is 572 g/mol. The topological polar surface area (TPSA) is 121 Å². The Bertz CT molecular complexity index is 1600. The molecule has 2 bridgehead atoms. The van der Waals surface area contributed by atoms with E-state index in [1.807, 2.05) is 78.9 Å². The van der Waals surface area contributed by atoms with Crippen molar-refractivity contribution >= 4 is 0 Å². The van der Waals surface area contributed by atoms with E-state index in [1.54, 1.807) is 14.2 Å². The number of aliphatic hydroxyl groups excluding tert-OH is 1. The standard InChI is InChI=1S/C32H32N2O8/c1-38-25-12-8-23(9-13-25)32(22-6-4-3-5-7-22,24-10-14-26(39-2)15-11-24)41-20-30-19-40-21-31(42-30,18-27(30)35)34-17-16-28(36)33-29(34)37/h3-17,27,35H,18-21H2,1-2H3,(H,33,36,37)/t27-,30+,31-/m0/s1. The zero-order valence-corrected chi connectivity index (χ0v) is 23.3. The summed E-state index contributed by atoms with van der Waals surface area (Å²) in [6.45, 7) is -0.0103. The summed E-state index contributed by atoms with van der Waals surface area (Å²) >= 11 is 0. The largest absolute Gasteiger partial charge is 0.497 e. The number of fused-ring (bicyclic) bond motifs is 2. The van der Waals surface area contributed by atoms with Crippen molar-refractivity contribution in [3.63, 3.8) is 0 Å². The molecule has 42 heavy (non-hydrogen) atoms. The van der Waals surface area contributed by atoms with Crippen LogP contribution < -0.4 is 20.7 Å². The summed E-state index contributed by atoms with van der Waals surface area (Å²) in [6, 6.07) is 26.3. The van der Waals surface area contributed by atoms with E-state index in [0.717, 1.165) is 16.7 Å². The first kappa shape index (κ1) is 27.9. The summed E-state index contributed by atoms with van der Waals surface area (Å²) in [5.41, 5.74) is -2.42. The molecular formula is C32H32N2O8. The summed E-state index contributed by atoms with van der Waals surface area (Å²) in [6.07, 6.45) is 0.410. The SMILES string of the molecule is COc1ccc(C(OC[C@]23COC[C@](n4ccc(=O)[nH]c4=O)(C[C@@H]2O)O3)(c2ccccc2)c2ccc(OC)cc2)cc1. The second-order valence-corrected chi connectivity index (χ2v) is 10.6. The van der Waals surface area contributed by atoms with Crippen LogP contribution in [0.4, 0.5) is 0 Å². The van der Waals surface area contributed by atoms with Gasteiger partial charge in [-0.1, -0.05) is 54.6 Å². The van der Waals surface area contributed by atoms with Crippen LogP contribution in [-0.4, -0.2) is 60.4 Å². The molecule has 3 atom stereocenters. The molecule has 0 amide bonds. The fraction of sp³-hybridized carbons (Fsp3) is 0.312. The Kier molecular flexibility index (Phi) is 7.24. The zero-order valence-electron chi connectivity index (χ0n) is 23.3. The third-order valence-corrected chi connectivity index (χ3v) is 8.16. The van der Waals surface area contributed by atoms with Crippen molar-refractivity contribution in [1.29, 1.82) is 0 Å². The van der Waals surface area contributed by atoms with Gasteiger partial charge in [0, 0.05) is 18.7 Å². The number of rotatable bonds is 9. The van der Waals surface area contributed by atoms with Gasteiger partial charge in [-0.25, -0.2) is 4.79 Å².